The van der Waals surface area contributed by atoms with Crippen LogP contribution in [-0.4, -0.2) is 49.0 Å². The summed E-state index contributed by atoms with van der Waals surface area (Å²) < 4.78 is 23.6. The van der Waals surface area contributed by atoms with E-state index in [1.165, 1.54) is 30.3 Å². The van der Waals surface area contributed by atoms with Crippen molar-refractivity contribution in [3.63, 3.8) is 0 Å². The van der Waals surface area contributed by atoms with Crippen LogP contribution in [-0.2, 0) is 6.54 Å². The maximum atomic E-state index is 13.1. The van der Waals surface area contributed by atoms with Crippen molar-refractivity contribution in [3.05, 3.63) is 75.9 Å². The highest BCUT2D eigenvalue weighted by atomic mass is 19.1. The zero-order chi connectivity index (χ0) is 20.4. The third-order valence-electron chi connectivity index (χ3n) is 5.18. The van der Waals surface area contributed by atoms with E-state index in [1.807, 2.05) is 12.1 Å². The fourth-order valence-corrected chi connectivity index (χ4v) is 3.59. The summed E-state index contributed by atoms with van der Waals surface area (Å²) in [6.07, 6.45) is 0. The topological polar surface area (TPSA) is 63.0 Å². The van der Waals surface area contributed by atoms with Gasteiger partial charge >= 0.3 is 5.63 Å². The number of ether oxygens (including phenoxy) is 1. The molecule has 0 aliphatic carbocycles. The van der Waals surface area contributed by atoms with Gasteiger partial charge in [-0.05, 0) is 42.0 Å². The van der Waals surface area contributed by atoms with Gasteiger partial charge in [0, 0.05) is 55.8 Å². The lowest BCUT2D eigenvalue weighted by molar-refractivity contribution is 0.0629. The number of carbonyl (C=O) groups excluding carboxylic acids is 1. The number of carbonyl (C=O) groups is 1. The third-order valence-corrected chi connectivity index (χ3v) is 5.18. The number of piperazine rings is 1. The van der Waals surface area contributed by atoms with E-state index in [4.69, 9.17) is 9.15 Å². The van der Waals surface area contributed by atoms with Crippen molar-refractivity contribution >= 4 is 16.9 Å². The maximum Gasteiger partial charge on any atom is 0.336 e. The van der Waals surface area contributed by atoms with Gasteiger partial charge in [-0.3, -0.25) is 9.69 Å². The lowest BCUT2D eigenvalue weighted by atomic mass is 10.1. The molecule has 1 fully saturated rings. The molecule has 0 bridgehead atoms. The van der Waals surface area contributed by atoms with Crippen LogP contribution >= 0.6 is 0 Å². The zero-order valence-electron chi connectivity index (χ0n) is 16.1. The average molecular weight is 396 g/mol. The molecule has 6 nitrogen and oxygen atoms in total. The molecular weight excluding hydrogens is 375 g/mol. The zero-order valence-corrected chi connectivity index (χ0v) is 16.1. The molecule has 150 valence electrons. The highest BCUT2D eigenvalue weighted by molar-refractivity contribution is 5.94. The van der Waals surface area contributed by atoms with Crippen LogP contribution in [0, 0.1) is 5.82 Å². The molecule has 1 aliphatic rings. The normalized spacial score (nSPS) is 14.9. The molecule has 7 heteroatoms. The Bertz CT molecular complexity index is 1090. The summed E-state index contributed by atoms with van der Waals surface area (Å²) in [7, 11) is 1.57. The first-order valence-electron chi connectivity index (χ1n) is 9.41. The number of fused-ring (bicyclic) bond motifs is 1. The van der Waals surface area contributed by atoms with Gasteiger partial charge in [0.05, 0.1) is 7.11 Å². The van der Waals surface area contributed by atoms with Crippen LogP contribution in [0.5, 0.6) is 5.75 Å². The van der Waals surface area contributed by atoms with Crippen LogP contribution in [0.25, 0.3) is 11.0 Å². The van der Waals surface area contributed by atoms with E-state index in [-0.39, 0.29) is 11.7 Å². The Morgan fingerprint density at radius 2 is 1.79 bits per heavy atom. The Morgan fingerprint density at radius 1 is 1.07 bits per heavy atom. The van der Waals surface area contributed by atoms with E-state index in [0.29, 0.717) is 49.6 Å². The van der Waals surface area contributed by atoms with Gasteiger partial charge in [-0.25, -0.2) is 9.18 Å². The summed E-state index contributed by atoms with van der Waals surface area (Å²) in [6.45, 7) is 3.11. The number of rotatable bonds is 4. The maximum absolute atomic E-state index is 13.1. The minimum atomic E-state index is -0.397. The highest BCUT2D eigenvalue weighted by Crippen LogP contribution is 2.24. The van der Waals surface area contributed by atoms with E-state index in [2.05, 4.69) is 4.90 Å². The number of hydrogen-bond donors (Lipinski definition) is 0. The summed E-state index contributed by atoms with van der Waals surface area (Å²) in [5.74, 6) is 0.178. The average Bonchev–Trinajstić information content (AvgIpc) is 2.73. The van der Waals surface area contributed by atoms with Crippen molar-refractivity contribution in [3.8, 4) is 5.75 Å². The molecule has 0 N–H and O–H groups in total. The molecule has 4 rings (SSSR count). The second-order valence-electron chi connectivity index (χ2n) is 7.03. The number of amides is 1. The van der Waals surface area contributed by atoms with Crippen molar-refractivity contribution in [2.75, 3.05) is 33.3 Å². The van der Waals surface area contributed by atoms with E-state index in [9.17, 15) is 14.0 Å². The Balaban J connectivity index is 1.45. The van der Waals surface area contributed by atoms with Gasteiger partial charge in [-0.2, -0.15) is 0 Å². The van der Waals surface area contributed by atoms with E-state index in [0.717, 1.165) is 10.9 Å². The lowest BCUT2D eigenvalue weighted by Crippen LogP contribution is -2.48. The SMILES string of the molecule is COc1ccc2c(CN3CCN(C(=O)c4ccc(F)cc4)CC3)cc(=O)oc2c1. The molecule has 1 aromatic heterocycles. The third kappa shape index (κ3) is 4.14. The van der Waals surface area contributed by atoms with Crippen LogP contribution in [0.15, 0.2) is 57.7 Å². The molecule has 1 saturated heterocycles. The minimum absolute atomic E-state index is 0.0949. The summed E-state index contributed by atoms with van der Waals surface area (Å²) in [5, 5.41) is 0.871. The second kappa shape index (κ2) is 8.05. The molecule has 0 saturated carbocycles. The molecule has 3 aromatic rings. The van der Waals surface area contributed by atoms with Gasteiger partial charge in [0.15, 0.2) is 0 Å². The van der Waals surface area contributed by atoms with Gasteiger partial charge in [-0.15, -0.1) is 0 Å². The Hall–Kier alpha value is -3.19. The fraction of sp³-hybridized carbons (Fsp3) is 0.273. The molecule has 2 heterocycles. The molecule has 29 heavy (non-hydrogen) atoms. The van der Waals surface area contributed by atoms with Crippen LogP contribution in [0.2, 0.25) is 0 Å². The lowest BCUT2D eigenvalue weighted by Gasteiger charge is -2.35. The quantitative estimate of drug-likeness (QED) is 0.635. The van der Waals surface area contributed by atoms with Gasteiger partial charge in [0.2, 0.25) is 0 Å². The predicted octanol–water partition coefficient (Wildman–Crippen LogP) is 2.90. The highest BCUT2D eigenvalue weighted by Gasteiger charge is 2.23. The number of nitrogens with zero attached hydrogens (tertiary/aromatic N) is 2. The first kappa shape index (κ1) is 19.1. The molecule has 0 radical (unpaired) electrons. The summed E-state index contributed by atoms with van der Waals surface area (Å²) >= 11 is 0. The molecule has 2 aromatic carbocycles. The Kier molecular flexibility index (Phi) is 5.31. The number of benzene rings is 2. The summed E-state index contributed by atoms with van der Waals surface area (Å²) in [5.41, 5.74) is 1.47. The van der Waals surface area contributed by atoms with Crippen molar-refractivity contribution in [2.24, 2.45) is 0 Å². The monoisotopic (exact) mass is 396 g/mol. The van der Waals surface area contributed by atoms with Gasteiger partial charge in [-0.1, -0.05) is 0 Å². The summed E-state index contributed by atoms with van der Waals surface area (Å²) in [4.78, 5) is 28.5. The van der Waals surface area contributed by atoms with E-state index >= 15 is 0 Å². The largest absolute Gasteiger partial charge is 0.497 e. The van der Waals surface area contributed by atoms with Crippen LogP contribution < -0.4 is 10.4 Å². The van der Waals surface area contributed by atoms with Crippen LogP contribution in [0.4, 0.5) is 4.39 Å². The Labute approximate surface area is 167 Å². The van der Waals surface area contributed by atoms with Gasteiger partial charge in [0.25, 0.3) is 5.91 Å². The van der Waals surface area contributed by atoms with Crippen molar-refractivity contribution in [1.29, 1.82) is 0 Å². The fourth-order valence-electron chi connectivity index (χ4n) is 3.59. The Morgan fingerprint density at radius 3 is 2.48 bits per heavy atom. The first-order valence-corrected chi connectivity index (χ1v) is 9.41. The van der Waals surface area contributed by atoms with Crippen LogP contribution in [0.3, 0.4) is 0 Å². The second-order valence-corrected chi connectivity index (χ2v) is 7.03. The van der Waals surface area contributed by atoms with Gasteiger partial charge < -0.3 is 14.1 Å². The minimum Gasteiger partial charge on any atom is -0.497 e. The van der Waals surface area contributed by atoms with E-state index in [1.54, 1.807) is 18.1 Å². The standard InChI is InChI=1S/C22H21FN2O4/c1-28-18-6-7-19-16(12-21(26)29-20(19)13-18)14-24-8-10-25(11-9-24)22(27)15-2-4-17(23)5-3-15/h2-7,12-13H,8-11,14H2,1H3. The number of halogens is 1. The summed E-state index contributed by atoms with van der Waals surface area (Å²) in [6, 6.07) is 12.6. The van der Waals surface area contributed by atoms with Crippen molar-refractivity contribution in [1.82, 2.24) is 9.80 Å². The molecule has 0 spiro atoms. The molecule has 0 atom stereocenters. The smallest absolute Gasteiger partial charge is 0.336 e. The number of methoxy groups -OCH3 is 1. The molecular formula is C22H21FN2O4. The van der Waals surface area contributed by atoms with Gasteiger partial charge in [0.1, 0.15) is 17.1 Å². The first-order chi connectivity index (χ1) is 14.0. The van der Waals surface area contributed by atoms with Crippen molar-refractivity contribution < 1.29 is 18.3 Å². The molecule has 1 aliphatic heterocycles. The number of hydrogen-bond acceptors (Lipinski definition) is 5. The van der Waals surface area contributed by atoms with E-state index < -0.39 is 5.63 Å². The van der Waals surface area contributed by atoms with Crippen LogP contribution in [0.1, 0.15) is 15.9 Å². The molecule has 0 unspecified atom stereocenters. The molecule has 1 amide bonds. The predicted molar refractivity (Wildman–Crippen MR) is 107 cm³/mol. The van der Waals surface area contributed by atoms with Crippen molar-refractivity contribution in [2.45, 2.75) is 6.54 Å².